The molecule has 10 heteroatoms. The predicted octanol–water partition coefficient (Wildman–Crippen LogP) is 2.61. The maximum atomic E-state index is 12.8. The number of rotatable bonds is 7. The maximum absolute atomic E-state index is 12.8. The van der Waals surface area contributed by atoms with E-state index in [0.29, 0.717) is 42.4 Å². The second kappa shape index (κ2) is 10.9. The molecule has 0 aliphatic carbocycles. The van der Waals surface area contributed by atoms with Gasteiger partial charge in [-0.1, -0.05) is 18.2 Å². The molecule has 2 aliphatic heterocycles. The van der Waals surface area contributed by atoms with Crippen LogP contribution in [0.15, 0.2) is 62.5 Å². The second-order valence-corrected chi connectivity index (χ2v) is 10.1. The summed E-state index contributed by atoms with van der Waals surface area (Å²) in [6, 6.07) is 13.0. The Bertz CT molecular complexity index is 1510. The molecule has 3 unspecified atom stereocenters. The average Bonchev–Trinajstić information content (AvgIpc) is 2.94. The van der Waals surface area contributed by atoms with E-state index in [9.17, 15) is 24.3 Å². The lowest BCUT2D eigenvalue weighted by Crippen LogP contribution is -2.46. The van der Waals surface area contributed by atoms with Gasteiger partial charge in [0.1, 0.15) is 5.76 Å². The molecular weight excluding hydrogens is 504 g/mol. The second-order valence-electron chi connectivity index (χ2n) is 10.1. The normalized spacial score (nSPS) is 19.1. The minimum absolute atomic E-state index is 0.0149. The Balaban J connectivity index is 1.44. The fourth-order valence-corrected chi connectivity index (χ4v) is 5.80. The Morgan fingerprint density at radius 1 is 1.05 bits per heavy atom. The van der Waals surface area contributed by atoms with Crippen molar-refractivity contribution in [3.8, 4) is 5.75 Å². The van der Waals surface area contributed by atoms with Crippen molar-refractivity contribution in [2.45, 2.75) is 37.8 Å². The van der Waals surface area contributed by atoms with Gasteiger partial charge in [0.2, 0.25) is 11.2 Å². The highest BCUT2D eigenvalue weighted by molar-refractivity contribution is 5.89. The van der Waals surface area contributed by atoms with Crippen molar-refractivity contribution in [3.05, 3.63) is 97.4 Å². The van der Waals surface area contributed by atoms with E-state index in [1.54, 1.807) is 36.4 Å². The first kappa shape index (κ1) is 26.4. The molecule has 1 aromatic carbocycles. The van der Waals surface area contributed by atoms with Crippen LogP contribution in [-0.2, 0) is 27.4 Å². The van der Waals surface area contributed by atoms with E-state index in [0.717, 1.165) is 18.7 Å². The number of likely N-dealkylation sites (tertiary alicyclic amines) is 1. The Morgan fingerprint density at radius 3 is 2.54 bits per heavy atom. The molecule has 3 atom stereocenters. The summed E-state index contributed by atoms with van der Waals surface area (Å²) in [6.07, 6.45) is 0.806. The Morgan fingerprint density at radius 2 is 1.82 bits per heavy atom. The van der Waals surface area contributed by atoms with E-state index < -0.39 is 29.0 Å². The fraction of sp³-hybridized carbons (Fsp3) is 0.379. The van der Waals surface area contributed by atoms with E-state index in [4.69, 9.17) is 13.9 Å². The standard InChI is InChI=1S/C29H30N2O8/c1-37-26(34)12-22(18-6-8-19(9-7-18)29(36)38-2)28-27(35)24(32)11-21(39-28)16-30-13-17-10-20(15-30)23-4-3-5-25(33)31(23)14-17/h3-9,11,17,20,22,35H,10,12-16H2,1-2H3. The molecule has 0 amide bonds. The van der Waals surface area contributed by atoms with Crippen LogP contribution in [0, 0.1) is 5.92 Å². The number of hydrogen-bond donors (Lipinski definition) is 1. The quantitative estimate of drug-likeness (QED) is 0.455. The van der Waals surface area contributed by atoms with Gasteiger partial charge in [0.25, 0.3) is 5.56 Å². The number of carbonyl (C=O) groups is 2. The topological polar surface area (TPSA) is 128 Å². The van der Waals surface area contributed by atoms with Gasteiger partial charge in [-0.3, -0.25) is 19.3 Å². The molecule has 5 rings (SSSR count). The SMILES string of the molecule is COC(=O)CC(c1ccc(C(=O)OC)cc1)c1oc(CN2CC3CC(C2)c2cccc(=O)n2C3)cc(=O)c1O. The third kappa shape index (κ3) is 5.37. The summed E-state index contributed by atoms with van der Waals surface area (Å²) in [6.45, 7) is 2.41. The lowest BCUT2D eigenvalue weighted by molar-refractivity contribution is -0.140. The zero-order chi connectivity index (χ0) is 27.7. The lowest BCUT2D eigenvalue weighted by Gasteiger charge is -2.42. The van der Waals surface area contributed by atoms with E-state index >= 15 is 0 Å². The third-order valence-electron chi connectivity index (χ3n) is 7.58. The Hall–Kier alpha value is -4.18. The molecule has 1 fully saturated rings. The largest absolute Gasteiger partial charge is 0.502 e. The minimum Gasteiger partial charge on any atom is -0.502 e. The highest BCUT2D eigenvalue weighted by atomic mass is 16.5. The summed E-state index contributed by atoms with van der Waals surface area (Å²) < 4.78 is 17.6. The summed E-state index contributed by atoms with van der Waals surface area (Å²) >= 11 is 0. The lowest BCUT2D eigenvalue weighted by atomic mass is 9.83. The molecule has 0 radical (unpaired) electrons. The predicted molar refractivity (Wildman–Crippen MR) is 140 cm³/mol. The van der Waals surface area contributed by atoms with Crippen LogP contribution in [0.5, 0.6) is 5.75 Å². The summed E-state index contributed by atoms with van der Waals surface area (Å²) in [7, 11) is 2.54. The molecule has 3 aromatic rings. The van der Waals surface area contributed by atoms with Crippen molar-refractivity contribution in [2.24, 2.45) is 5.92 Å². The first-order valence-corrected chi connectivity index (χ1v) is 12.8. The molecule has 0 spiro atoms. The molecule has 4 heterocycles. The molecule has 2 aromatic heterocycles. The van der Waals surface area contributed by atoms with E-state index in [-0.39, 0.29) is 23.7 Å². The van der Waals surface area contributed by atoms with E-state index in [1.807, 2.05) is 10.6 Å². The number of methoxy groups -OCH3 is 2. The molecule has 2 aliphatic rings. The number of nitrogens with zero attached hydrogens (tertiary/aromatic N) is 2. The summed E-state index contributed by atoms with van der Waals surface area (Å²) in [5.74, 6) is -1.66. The van der Waals surface area contributed by atoms with Crippen molar-refractivity contribution in [2.75, 3.05) is 27.3 Å². The first-order chi connectivity index (χ1) is 18.8. The van der Waals surface area contributed by atoms with Gasteiger partial charge < -0.3 is 23.6 Å². The van der Waals surface area contributed by atoms with Gasteiger partial charge in [0.15, 0.2) is 5.76 Å². The van der Waals surface area contributed by atoms with Gasteiger partial charge in [-0.15, -0.1) is 0 Å². The van der Waals surface area contributed by atoms with Crippen LogP contribution in [0.25, 0.3) is 0 Å². The number of piperidine rings is 1. The van der Waals surface area contributed by atoms with Crippen LogP contribution >= 0.6 is 0 Å². The van der Waals surface area contributed by atoms with Gasteiger partial charge >= 0.3 is 11.9 Å². The van der Waals surface area contributed by atoms with Crippen molar-refractivity contribution in [1.29, 1.82) is 0 Å². The monoisotopic (exact) mass is 534 g/mol. The van der Waals surface area contributed by atoms with Gasteiger partial charge in [-0.2, -0.15) is 0 Å². The molecule has 2 bridgehead atoms. The van der Waals surface area contributed by atoms with E-state index in [1.165, 1.54) is 20.3 Å². The minimum atomic E-state index is -0.823. The van der Waals surface area contributed by atoms with Crippen LogP contribution in [-0.4, -0.2) is 53.8 Å². The number of hydrogen-bond acceptors (Lipinski definition) is 9. The smallest absolute Gasteiger partial charge is 0.337 e. The van der Waals surface area contributed by atoms with E-state index in [2.05, 4.69) is 4.90 Å². The van der Waals surface area contributed by atoms with Crippen molar-refractivity contribution >= 4 is 11.9 Å². The number of aromatic hydroxyl groups is 1. The van der Waals surface area contributed by atoms with Gasteiger partial charge in [-0.05, 0) is 36.1 Å². The van der Waals surface area contributed by atoms with Crippen LogP contribution < -0.4 is 11.0 Å². The Labute approximate surface area is 224 Å². The zero-order valence-electron chi connectivity index (χ0n) is 21.8. The molecule has 10 nitrogen and oxygen atoms in total. The van der Waals surface area contributed by atoms with Crippen LogP contribution in [0.1, 0.15) is 57.8 Å². The van der Waals surface area contributed by atoms with Gasteiger partial charge in [-0.25, -0.2) is 4.79 Å². The summed E-state index contributed by atoms with van der Waals surface area (Å²) in [5.41, 5.74) is 1.29. The number of fused-ring (bicyclic) bond motifs is 4. The molecule has 204 valence electrons. The van der Waals surface area contributed by atoms with Crippen molar-refractivity contribution < 1.29 is 28.6 Å². The number of esters is 2. The van der Waals surface area contributed by atoms with Gasteiger partial charge in [0, 0.05) is 43.4 Å². The van der Waals surface area contributed by atoms with Gasteiger partial charge in [0.05, 0.1) is 38.7 Å². The zero-order valence-corrected chi connectivity index (χ0v) is 21.8. The maximum Gasteiger partial charge on any atom is 0.337 e. The van der Waals surface area contributed by atoms with Crippen LogP contribution in [0.2, 0.25) is 0 Å². The molecule has 1 N–H and O–H groups in total. The van der Waals surface area contributed by atoms with Crippen molar-refractivity contribution in [1.82, 2.24) is 9.47 Å². The highest BCUT2D eigenvalue weighted by Gasteiger charge is 2.35. The molecule has 0 saturated carbocycles. The Kier molecular flexibility index (Phi) is 7.38. The number of pyridine rings is 1. The van der Waals surface area contributed by atoms with Crippen LogP contribution in [0.4, 0.5) is 0 Å². The highest BCUT2D eigenvalue weighted by Crippen LogP contribution is 2.37. The van der Waals surface area contributed by atoms with Crippen LogP contribution in [0.3, 0.4) is 0 Å². The first-order valence-electron chi connectivity index (χ1n) is 12.8. The fourth-order valence-electron chi connectivity index (χ4n) is 5.80. The molecule has 39 heavy (non-hydrogen) atoms. The number of benzene rings is 1. The number of ether oxygens (including phenoxy) is 2. The molecular formula is C29H30N2O8. The average molecular weight is 535 g/mol. The van der Waals surface area contributed by atoms with Crippen molar-refractivity contribution in [3.63, 3.8) is 0 Å². The summed E-state index contributed by atoms with van der Waals surface area (Å²) in [5, 5.41) is 10.7. The summed E-state index contributed by atoms with van der Waals surface area (Å²) in [4.78, 5) is 51.5. The molecule has 1 saturated heterocycles. The third-order valence-corrected chi connectivity index (χ3v) is 7.58. The number of carbonyl (C=O) groups excluding carboxylic acids is 2. The number of aromatic nitrogens is 1.